The Kier molecular flexibility index (Phi) is 4.84. The highest BCUT2D eigenvalue weighted by molar-refractivity contribution is 7.91. The Bertz CT molecular complexity index is 385. The van der Waals surface area contributed by atoms with Crippen molar-refractivity contribution >= 4 is 9.84 Å². The zero-order chi connectivity index (χ0) is 13.0. The number of sulfone groups is 1. The molecule has 0 aromatic rings. The van der Waals surface area contributed by atoms with Crippen LogP contribution in [0.2, 0.25) is 0 Å². The fourth-order valence-corrected chi connectivity index (χ4v) is 3.88. The Balaban J connectivity index is 1.69. The van der Waals surface area contributed by atoms with Gasteiger partial charge in [0, 0.05) is 12.3 Å². The van der Waals surface area contributed by atoms with E-state index in [1.54, 1.807) is 0 Å². The topological polar surface area (TPSA) is 46.2 Å². The van der Waals surface area contributed by atoms with Crippen LogP contribution in [0.5, 0.6) is 0 Å². The Morgan fingerprint density at radius 3 is 2.67 bits per heavy atom. The zero-order valence-electron chi connectivity index (χ0n) is 11.3. The van der Waals surface area contributed by atoms with Gasteiger partial charge in [-0.1, -0.05) is 18.6 Å². The predicted molar refractivity (Wildman–Crippen MR) is 75.4 cm³/mol. The lowest BCUT2D eigenvalue weighted by Gasteiger charge is -2.25. The molecule has 0 bridgehead atoms. The van der Waals surface area contributed by atoms with E-state index in [1.807, 2.05) is 0 Å². The van der Waals surface area contributed by atoms with E-state index in [0.717, 1.165) is 44.7 Å². The van der Waals surface area contributed by atoms with E-state index < -0.39 is 9.84 Å². The summed E-state index contributed by atoms with van der Waals surface area (Å²) in [7, 11) is -2.84. The van der Waals surface area contributed by atoms with Gasteiger partial charge in [-0.25, -0.2) is 8.42 Å². The van der Waals surface area contributed by atoms with Gasteiger partial charge in [-0.3, -0.25) is 0 Å². The van der Waals surface area contributed by atoms with Crippen molar-refractivity contribution < 1.29 is 8.42 Å². The summed E-state index contributed by atoms with van der Waals surface area (Å²) < 4.78 is 23.1. The van der Waals surface area contributed by atoms with Crippen LogP contribution < -0.4 is 5.32 Å². The van der Waals surface area contributed by atoms with Crippen LogP contribution >= 0.6 is 0 Å². The molecule has 2 aliphatic carbocycles. The third kappa shape index (κ3) is 4.73. The third-order valence-corrected chi connectivity index (χ3v) is 5.64. The van der Waals surface area contributed by atoms with Crippen LogP contribution in [0.1, 0.15) is 44.9 Å². The number of nitrogens with one attached hydrogen (secondary N) is 1. The average Bonchev–Trinajstić information content (AvgIpc) is 3.12. The summed E-state index contributed by atoms with van der Waals surface area (Å²) in [4.78, 5) is 0. The Morgan fingerprint density at radius 2 is 2.00 bits per heavy atom. The molecule has 0 aliphatic heterocycles. The van der Waals surface area contributed by atoms with Crippen molar-refractivity contribution in [3.63, 3.8) is 0 Å². The van der Waals surface area contributed by atoms with Gasteiger partial charge in [0.2, 0.25) is 0 Å². The fourth-order valence-electron chi connectivity index (χ4n) is 2.69. The van der Waals surface area contributed by atoms with Crippen LogP contribution in [0.4, 0.5) is 0 Å². The first kappa shape index (κ1) is 14.1. The second-order valence-electron chi connectivity index (χ2n) is 5.82. The number of allylic oxidation sites excluding steroid dienone is 1. The van der Waals surface area contributed by atoms with Gasteiger partial charge in [0.15, 0.2) is 0 Å². The monoisotopic (exact) mass is 271 g/mol. The van der Waals surface area contributed by atoms with Gasteiger partial charge < -0.3 is 5.32 Å². The van der Waals surface area contributed by atoms with Crippen LogP contribution in [0.25, 0.3) is 0 Å². The van der Waals surface area contributed by atoms with Gasteiger partial charge in [0.25, 0.3) is 0 Å². The number of hydrogen-bond acceptors (Lipinski definition) is 3. The van der Waals surface area contributed by atoms with E-state index in [0.29, 0.717) is 5.92 Å². The average molecular weight is 271 g/mol. The maximum absolute atomic E-state index is 11.6. The highest BCUT2D eigenvalue weighted by atomic mass is 32.2. The molecular weight excluding hydrogens is 246 g/mol. The summed E-state index contributed by atoms with van der Waals surface area (Å²) in [6.07, 6.45) is 13.5. The first-order valence-electron chi connectivity index (χ1n) is 7.14. The van der Waals surface area contributed by atoms with Gasteiger partial charge in [-0.15, -0.1) is 0 Å². The maximum Gasteiger partial charge on any atom is 0.150 e. The van der Waals surface area contributed by atoms with E-state index in [-0.39, 0.29) is 5.25 Å². The van der Waals surface area contributed by atoms with Gasteiger partial charge in [-0.05, 0) is 51.0 Å². The summed E-state index contributed by atoms with van der Waals surface area (Å²) in [6, 6.07) is 0.780. The van der Waals surface area contributed by atoms with Crippen molar-refractivity contribution in [1.29, 1.82) is 0 Å². The minimum absolute atomic E-state index is 0.106. The Hall–Kier alpha value is -0.350. The van der Waals surface area contributed by atoms with Gasteiger partial charge in [0.1, 0.15) is 9.84 Å². The molecule has 0 spiro atoms. The first-order valence-corrected chi connectivity index (χ1v) is 9.10. The largest absolute Gasteiger partial charge is 0.314 e. The molecule has 0 heterocycles. The lowest BCUT2D eigenvalue weighted by molar-refractivity contribution is 0.414. The van der Waals surface area contributed by atoms with Crippen molar-refractivity contribution in [2.24, 2.45) is 5.92 Å². The molecule has 2 atom stereocenters. The molecule has 0 radical (unpaired) electrons. The zero-order valence-corrected chi connectivity index (χ0v) is 12.1. The molecule has 0 aromatic heterocycles. The number of hydrogen-bond donors (Lipinski definition) is 1. The second kappa shape index (κ2) is 6.20. The minimum Gasteiger partial charge on any atom is -0.314 e. The Labute approximate surface area is 111 Å². The Morgan fingerprint density at radius 1 is 1.22 bits per heavy atom. The van der Waals surface area contributed by atoms with E-state index in [9.17, 15) is 8.42 Å². The van der Waals surface area contributed by atoms with Crippen molar-refractivity contribution in [2.75, 3.05) is 12.8 Å². The quantitative estimate of drug-likeness (QED) is 0.595. The van der Waals surface area contributed by atoms with Crippen molar-refractivity contribution in [2.45, 2.75) is 56.2 Å². The van der Waals surface area contributed by atoms with Crippen LogP contribution in [0, 0.1) is 5.92 Å². The van der Waals surface area contributed by atoms with Gasteiger partial charge in [-0.2, -0.15) is 0 Å². The van der Waals surface area contributed by atoms with E-state index in [2.05, 4.69) is 17.5 Å². The molecule has 2 saturated carbocycles. The van der Waals surface area contributed by atoms with E-state index in [4.69, 9.17) is 0 Å². The smallest absolute Gasteiger partial charge is 0.150 e. The summed E-state index contributed by atoms with van der Waals surface area (Å²) in [5.41, 5.74) is 0. The van der Waals surface area contributed by atoms with Crippen LogP contribution in [0.15, 0.2) is 12.2 Å². The van der Waals surface area contributed by atoms with Gasteiger partial charge >= 0.3 is 0 Å². The molecule has 0 aromatic carbocycles. The third-order valence-electron chi connectivity index (χ3n) is 4.00. The number of rotatable bonds is 6. The van der Waals surface area contributed by atoms with Crippen molar-refractivity contribution in [3.05, 3.63) is 12.2 Å². The molecular formula is C14H25NO2S. The van der Waals surface area contributed by atoms with Crippen molar-refractivity contribution in [3.8, 4) is 0 Å². The summed E-state index contributed by atoms with van der Waals surface area (Å²) >= 11 is 0. The maximum atomic E-state index is 11.6. The molecule has 2 aliphatic rings. The standard InChI is InChI=1S/C14H25NO2S/c1-18(16,17)14-7-4-6-12(11-14)5-2-3-10-15-13-8-9-13/h2,5,12-15H,3-4,6-11H2,1H3. The lowest BCUT2D eigenvalue weighted by Crippen LogP contribution is -2.26. The van der Waals surface area contributed by atoms with Crippen LogP contribution in [-0.4, -0.2) is 32.5 Å². The SMILES string of the molecule is CS(=O)(=O)C1CCCC(C=CCCNC2CC2)C1. The summed E-state index contributed by atoms with van der Waals surface area (Å²) in [5.74, 6) is 0.472. The predicted octanol–water partition coefficient (Wildman–Crippen LogP) is 2.29. The highest BCUT2D eigenvalue weighted by Gasteiger charge is 2.27. The molecule has 1 N–H and O–H groups in total. The van der Waals surface area contributed by atoms with E-state index >= 15 is 0 Å². The molecule has 2 fully saturated rings. The normalized spacial score (nSPS) is 29.8. The molecule has 4 heteroatoms. The molecule has 2 unspecified atom stereocenters. The lowest BCUT2D eigenvalue weighted by atomic mass is 9.88. The molecule has 2 rings (SSSR count). The van der Waals surface area contributed by atoms with Gasteiger partial charge in [0.05, 0.1) is 5.25 Å². The molecule has 18 heavy (non-hydrogen) atoms. The minimum atomic E-state index is -2.84. The molecule has 0 saturated heterocycles. The molecule has 0 amide bonds. The molecule has 3 nitrogen and oxygen atoms in total. The second-order valence-corrected chi connectivity index (χ2v) is 8.15. The van der Waals surface area contributed by atoms with Crippen LogP contribution in [-0.2, 0) is 9.84 Å². The summed E-state index contributed by atoms with van der Waals surface area (Å²) in [6.45, 7) is 1.06. The highest BCUT2D eigenvalue weighted by Crippen LogP contribution is 2.29. The molecule has 104 valence electrons. The summed E-state index contributed by atoms with van der Waals surface area (Å²) in [5, 5.41) is 3.37. The first-order chi connectivity index (χ1) is 8.55. The fraction of sp³-hybridized carbons (Fsp3) is 0.857. The van der Waals surface area contributed by atoms with E-state index in [1.165, 1.54) is 19.1 Å². The van der Waals surface area contributed by atoms with Crippen LogP contribution in [0.3, 0.4) is 0 Å². The van der Waals surface area contributed by atoms with Crippen molar-refractivity contribution in [1.82, 2.24) is 5.32 Å².